The predicted molar refractivity (Wildman–Crippen MR) is 134 cm³/mol. The minimum Gasteiger partial charge on any atom is -0.0656 e. The fraction of sp³-hybridized carbons (Fsp3) is 0.308. The van der Waals surface area contributed by atoms with Crippen LogP contribution in [0.25, 0.3) is 43.1 Å². The number of aryl methyl sites for hydroxylation is 2. The number of hydrogen-bond acceptors (Lipinski definition) is 0. The zero-order valence-electron chi connectivity index (χ0n) is 18.5. The molecule has 0 aliphatic heterocycles. The Morgan fingerprint density at radius 1 is 0.429 bits per heavy atom. The van der Waals surface area contributed by atoms with Crippen LogP contribution in [0.3, 0.4) is 0 Å². The second-order valence-corrected chi connectivity index (χ2v) is 21.0. The number of hydrogen-bond donors (Lipinski definition) is 0. The molecule has 0 radical (unpaired) electrons. The van der Waals surface area contributed by atoms with Crippen LogP contribution in [0.1, 0.15) is 11.1 Å². The van der Waals surface area contributed by atoms with Crippen molar-refractivity contribution in [2.45, 2.75) is 53.1 Å². The third kappa shape index (κ3) is 2.34. The second kappa shape index (κ2) is 5.37. The van der Waals surface area contributed by atoms with E-state index in [2.05, 4.69) is 89.5 Å². The lowest BCUT2D eigenvalue weighted by Crippen LogP contribution is -2.36. The lowest BCUT2D eigenvalue weighted by atomic mass is 9.94. The molecule has 5 aromatic rings. The summed E-state index contributed by atoms with van der Waals surface area (Å²) in [6, 6.07) is 14.9. The van der Waals surface area contributed by atoms with Crippen molar-refractivity contribution in [3.63, 3.8) is 0 Å². The van der Waals surface area contributed by atoms with E-state index in [1.807, 2.05) is 0 Å². The fourth-order valence-corrected chi connectivity index (χ4v) is 8.42. The van der Waals surface area contributed by atoms with Gasteiger partial charge in [-0.3, -0.25) is 0 Å². The van der Waals surface area contributed by atoms with Gasteiger partial charge in [-0.2, -0.15) is 0 Å². The largest absolute Gasteiger partial charge is 0.0784 e. The molecule has 0 bridgehead atoms. The maximum Gasteiger partial charge on any atom is 0.0784 e. The van der Waals surface area contributed by atoms with Crippen LogP contribution >= 0.6 is 0 Å². The smallest absolute Gasteiger partial charge is 0.0656 e. The van der Waals surface area contributed by atoms with Gasteiger partial charge < -0.3 is 0 Å². The molecule has 0 fully saturated rings. The normalized spacial score (nSPS) is 13.7. The average Bonchev–Trinajstić information content (AvgIpc) is 3.11. The number of benzene rings is 3. The summed E-state index contributed by atoms with van der Waals surface area (Å²) >= 11 is 0. The molecule has 28 heavy (non-hydrogen) atoms. The Labute approximate surface area is 170 Å². The zero-order valence-corrected chi connectivity index (χ0v) is 20.5. The molecule has 0 nitrogen and oxygen atoms in total. The molecule has 0 aliphatic carbocycles. The van der Waals surface area contributed by atoms with Crippen molar-refractivity contribution in [2.75, 3.05) is 0 Å². The van der Waals surface area contributed by atoms with Crippen LogP contribution in [0.15, 0.2) is 36.4 Å². The Bertz CT molecular complexity index is 1270. The summed E-state index contributed by atoms with van der Waals surface area (Å²) in [5.41, 5.74) is 2.78. The molecule has 0 saturated carbocycles. The quantitative estimate of drug-likeness (QED) is 0.224. The Kier molecular flexibility index (Phi) is 3.48. The predicted octanol–water partition coefficient (Wildman–Crippen LogP) is 6.88. The van der Waals surface area contributed by atoms with Crippen molar-refractivity contribution in [3.8, 4) is 0 Å². The number of fused-ring (bicyclic) bond motifs is 2. The zero-order chi connectivity index (χ0) is 20.2. The summed E-state index contributed by atoms with van der Waals surface area (Å²) in [5, 5.41) is 15.2. The van der Waals surface area contributed by atoms with Gasteiger partial charge in [-0.05, 0) is 68.1 Å². The van der Waals surface area contributed by atoms with Gasteiger partial charge in [0.1, 0.15) is 0 Å². The molecule has 0 N–H and O–H groups in total. The van der Waals surface area contributed by atoms with E-state index in [1.54, 1.807) is 10.4 Å². The molecule has 142 valence electrons. The standard InChI is InChI=1S/C26H30Si2/c1-15-9-17-19-13-24(28(6,7)8)22-12-16(2)10-18(26(19)22)20-14-23(27(3,4)5)21(11-15)25(17)20/h9-14H,1-8H3. The molecule has 5 rings (SSSR count). The van der Waals surface area contributed by atoms with Gasteiger partial charge >= 0.3 is 0 Å². The third-order valence-corrected chi connectivity index (χ3v) is 10.5. The van der Waals surface area contributed by atoms with Gasteiger partial charge in [-0.25, -0.2) is 0 Å². The highest BCUT2D eigenvalue weighted by Crippen LogP contribution is 2.43. The van der Waals surface area contributed by atoms with Crippen molar-refractivity contribution >= 4 is 69.6 Å². The highest BCUT2D eigenvalue weighted by molar-refractivity contribution is 6.91. The van der Waals surface area contributed by atoms with Gasteiger partial charge in [0.05, 0.1) is 16.1 Å². The molecule has 0 heterocycles. The molecule has 0 aliphatic rings. The summed E-state index contributed by atoms with van der Waals surface area (Å²) < 4.78 is 0. The molecule has 0 unspecified atom stereocenters. The molecule has 0 amide bonds. The monoisotopic (exact) mass is 398 g/mol. The maximum absolute atomic E-state index is 2.55. The summed E-state index contributed by atoms with van der Waals surface area (Å²) in [6.07, 6.45) is 0. The first-order valence-corrected chi connectivity index (χ1v) is 17.5. The van der Waals surface area contributed by atoms with E-state index in [9.17, 15) is 0 Å². The molecule has 0 atom stereocenters. The van der Waals surface area contributed by atoms with Gasteiger partial charge in [0.2, 0.25) is 0 Å². The maximum atomic E-state index is 2.55. The first kappa shape index (κ1) is 18.1. The minimum absolute atomic E-state index is 1.39. The van der Waals surface area contributed by atoms with Gasteiger partial charge in [0.15, 0.2) is 0 Å². The van der Waals surface area contributed by atoms with Crippen molar-refractivity contribution in [1.29, 1.82) is 0 Å². The Morgan fingerprint density at radius 2 is 0.714 bits per heavy atom. The van der Waals surface area contributed by atoms with Gasteiger partial charge in [-0.15, -0.1) is 0 Å². The topological polar surface area (TPSA) is 0 Å². The van der Waals surface area contributed by atoms with Gasteiger partial charge in [0, 0.05) is 0 Å². The molecule has 0 aromatic heterocycles. The summed E-state index contributed by atoms with van der Waals surface area (Å²) in [6.45, 7) is 19.4. The third-order valence-electron chi connectivity index (χ3n) is 6.46. The SMILES string of the molecule is Cc1cc2c([Si](C)(C)C)cc3c4cc(C)cc5c([Si](C)(C)C)cc(c(c1)c23)c54. The first-order chi connectivity index (χ1) is 13.0. The molecule has 5 aromatic carbocycles. The number of rotatable bonds is 2. The van der Waals surface area contributed by atoms with E-state index in [0.717, 1.165) is 0 Å². The van der Waals surface area contributed by atoms with Crippen LogP contribution in [0.4, 0.5) is 0 Å². The van der Waals surface area contributed by atoms with Gasteiger partial charge in [-0.1, -0.05) is 86.1 Å². The van der Waals surface area contributed by atoms with Crippen molar-refractivity contribution in [2.24, 2.45) is 0 Å². The van der Waals surface area contributed by atoms with E-state index < -0.39 is 16.1 Å². The molecule has 0 spiro atoms. The lowest BCUT2D eigenvalue weighted by molar-refractivity contribution is 1.53. The summed E-state index contributed by atoms with van der Waals surface area (Å²) in [5.74, 6) is 0. The lowest BCUT2D eigenvalue weighted by Gasteiger charge is -2.16. The van der Waals surface area contributed by atoms with Crippen LogP contribution in [-0.4, -0.2) is 16.1 Å². The highest BCUT2D eigenvalue weighted by Gasteiger charge is 2.28. The van der Waals surface area contributed by atoms with Crippen molar-refractivity contribution in [3.05, 3.63) is 47.5 Å². The highest BCUT2D eigenvalue weighted by atomic mass is 28.3. The van der Waals surface area contributed by atoms with Gasteiger partial charge in [0.25, 0.3) is 0 Å². The van der Waals surface area contributed by atoms with Crippen LogP contribution < -0.4 is 10.4 Å². The van der Waals surface area contributed by atoms with E-state index in [1.165, 1.54) is 54.2 Å². The van der Waals surface area contributed by atoms with E-state index in [0.29, 0.717) is 0 Å². The molecular weight excluding hydrogens is 368 g/mol. The van der Waals surface area contributed by atoms with E-state index in [4.69, 9.17) is 0 Å². The average molecular weight is 399 g/mol. The van der Waals surface area contributed by atoms with E-state index >= 15 is 0 Å². The Hall–Kier alpha value is -1.91. The fourth-order valence-electron chi connectivity index (χ4n) is 5.26. The molecule has 2 heteroatoms. The van der Waals surface area contributed by atoms with Crippen LogP contribution in [0.5, 0.6) is 0 Å². The second-order valence-electron chi connectivity index (χ2n) is 10.9. The Morgan fingerprint density at radius 3 is 1.04 bits per heavy atom. The summed E-state index contributed by atoms with van der Waals surface area (Å²) in [4.78, 5) is 0. The first-order valence-electron chi connectivity index (χ1n) is 10.5. The summed E-state index contributed by atoms with van der Waals surface area (Å²) in [7, 11) is -2.85. The van der Waals surface area contributed by atoms with Crippen LogP contribution in [0.2, 0.25) is 39.3 Å². The molecular formula is C26H30Si2. The minimum atomic E-state index is -1.42. The van der Waals surface area contributed by atoms with Crippen molar-refractivity contribution < 1.29 is 0 Å². The Balaban J connectivity index is 2.14. The van der Waals surface area contributed by atoms with E-state index in [-0.39, 0.29) is 0 Å². The molecule has 0 saturated heterocycles. The van der Waals surface area contributed by atoms with Crippen molar-refractivity contribution in [1.82, 2.24) is 0 Å². The van der Waals surface area contributed by atoms with Crippen LogP contribution in [-0.2, 0) is 0 Å². The van der Waals surface area contributed by atoms with Crippen LogP contribution in [0, 0.1) is 13.8 Å².